The van der Waals surface area contributed by atoms with Crippen LogP contribution in [0.25, 0.3) is 0 Å². The Balaban J connectivity index is 1.87. The topological polar surface area (TPSA) is 98.1 Å². The molecule has 0 spiro atoms. The smallest absolute Gasteiger partial charge is 0.267 e. The normalized spacial score (nSPS) is 11.3. The Morgan fingerprint density at radius 2 is 1.83 bits per heavy atom. The highest BCUT2D eigenvalue weighted by molar-refractivity contribution is 7.91. The first-order valence-corrected chi connectivity index (χ1v) is 10.2. The van der Waals surface area contributed by atoms with Crippen molar-refractivity contribution in [3.63, 3.8) is 0 Å². The van der Waals surface area contributed by atoms with Gasteiger partial charge in [0.2, 0.25) is 15.7 Å². The van der Waals surface area contributed by atoms with E-state index in [2.05, 4.69) is 10.4 Å². The molecule has 3 aromatic rings. The molecule has 7 nitrogen and oxygen atoms in total. The monoisotopic (exact) mass is 435 g/mol. The van der Waals surface area contributed by atoms with Crippen LogP contribution in [0, 0.1) is 12.7 Å². The molecule has 10 heteroatoms. The zero-order valence-corrected chi connectivity index (χ0v) is 16.7. The summed E-state index contributed by atoms with van der Waals surface area (Å²) in [6.45, 7) is 1.14. The summed E-state index contributed by atoms with van der Waals surface area (Å²) in [5.41, 5.74) is 0.207. The number of rotatable bonds is 5. The minimum atomic E-state index is -4.01. The largest absolute Gasteiger partial charge is 0.324 e. The van der Waals surface area contributed by atoms with Crippen LogP contribution in [-0.2, 0) is 21.2 Å². The second-order valence-electron chi connectivity index (χ2n) is 6.13. The number of carbonyl (C=O) groups is 1. The lowest BCUT2D eigenvalue weighted by Gasteiger charge is -2.10. The van der Waals surface area contributed by atoms with Gasteiger partial charge in [0, 0.05) is 16.8 Å². The zero-order chi connectivity index (χ0) is 21.2. The summed E-state index contributed by atoms with van der Waals surface area (Å²) in [6, 6.07) is 11.4. The van der Waals surface area contributed by atoms with Crippen LogP contribution in [0.1, 0.15) is 5.56 Å². The fraction of sp³-hybridized carbons (Fsp3) is 0.105. The third kappa shape index (κ3) is 4.69. The summed E-state index contributed by atoms with van der Waals surface area (Å²) >= 11 is 5.77. The van der Waals surface area contributed by atoms with Crippen LogP contribution < -0.4 is 10.9 Å². The Bertz CT molecular complexity index is 1240. The number of amides is 1. The number of hydrogen-bond donors (Lipinski definition) is 1. The average molecular weight is 436 g/mol. The summed E-state index contributed by atoms with van der Waals surface area (Å²) in [4.78, 5) is 24.2. The molecule has 1 amide bonds. The van der Waals surface area contributed by atoms with Gasteiger partial charge in [0.1, 0.15) is 12.4 Å². The Labute approximate surface area is 170 Å². The maximum absolute atomic E-state index is 13.4. The molecule has 0 atom stereocenters. The molecule has 2 aromatic carbocycles. The van der Waals surface area contributed by atoms with Crippen molar-refractivity contribution in [3.8, 4) is 0 Å². The standard InChI is InChI=1S/C19H15ClFN3O4S/c1-12-2-5-14(21)10-16(12)22-17(25)11-24-19(26)9-8-18(23-24)29(27,28)15-6-3-13(20)4-7-15/h2-10H,11H2,1H3,(H,22,25). The molecule has 150 valence electrons. The van der Waals surface area contributed by atoms with Gasteiger partial charge in [0.15, 0.2) is 5.03 Å². The van der Waals surface area contributed by atoms with Gasteiger partial charge < -0.3 is 5.32 Å². The summed E-state index contributed by atoms with van der Waals surface area (Å²) in [7, 11) is -4.01. The van der Waals surface area contributed by atoms with E-state index in [1.54, 1.807) is 6.92 Å². The second kappa shape index (κ2) is 8.14. The second-order valence-corrected chi connectivity index (χ2v) is 8.47. The van der Waals surface area contributed by atoms with Crippen LogP contribution in [0.15, 0.2) is 69.3 Å². The molecule has 0 saturated heterocycles. The zero-order valence-electron chi connectivity index (χ0n) is 15.1. The molecule has 1 heterocycles. The third-order valence-corrected chi connectivity index (χ3v) is 5.92. The maximum atomic E-state index is 13.4. The van der Waals surface area contributed by atoms with E-state index >= 15 is 0 Å². The minimum Gasteiger partial charge on any atom is -0.324 e. The number of anilines is 1. The molecule has 0 aliphatic carbocycles. The summed E-state index contributed by atoms with van der Waals surface area (Å²) in [5, 5.41) is 6.27. The average Bonchev–Trinajstić information content (AvgIpc) is 2.66. The number of halogens is 2. The molecule has 29 heavy (non-hydrogen) atoms. The lowest BCUT2D eigenvalue weighted by molar-refractivity contribution is -0.117. The fourth-order valence-electron chi connectivity index (χ4n) is 2.48. The van der Waals surface area contributed by atoms with Gasteiger partial charge in [-0.25, -0.2) is 17.5 Å². The lowest BCUT2D eigenvalue weighted by Crippen LogP contribution is -2.30. The molecule has 0 aliphatic rings. The number of sulfone groups is 1. The number of carbonyl (C=O) groups excluding carboxylic acids is 1. The first-order chi connectivity index (χ1) is 13.7. The van der Waals surface area contributed by atoms with Crippen molar-refractivity contribution < 1.29 is 17.6 Å². The van der Waals surface area contributed by atoms with Crippen LogP contribution in [0.4, 0.5) is 10.1 Å². The molecule has 1 N–H and O–H groups in total. The van der Waals surface area contributed by atoms with Gasteiger partial charge in [-0.1, -0.05) is 17.7 Å². The highest BCUT2D eigenvalue weighted by Gasteiger charge is 2.21. The number of aryl methyl sites for hydroxylation is 1. The summed E-state index contributed by atoms with van der Waals surface area (Å²) < 4.78 is 39.5. The SMILES string of the molecule is Cc1ccc(F)cc1NC(=O)Cn1nc(S(=O)(=O)c2ccc(Cl)cc2)ccc1=O. The maximum Gasteiger partial charge on any atom is 0.267 e. The van der Waals surface area contributed by atoms with E-state index in [-0.39, 0.29) is 10.6 Å². The van der Waals surface area contributed by atoms with E-state index in [9.17, 15) is 22.4 Å². The number of nitrogens with zero attached hydrogens (tertiary/aromatic N) is 2. The molecule has 0 aliphatic heterocycles. The van der Waals surface area contributed by atoms with Crippen LogP contribution >= 0.6 is 11.6 Å². The number of aromatic nitrogens is 2. The molecule has 0 fully saturated rings. The lowest BCUT2D eigenvalue weighted by atomic mass is 10.2. The first-order valence-electron chi connectivity index (χ1n) is 8.31. The van der Waals surface area contributed by atoms with E-state index in [0.29, 0.717) is 10.6 Å². The predicted molar refractivity (Wildman–Crippen MR) is 105 cm³/mol. The van der Waals surface area contributed by atoms with Crippen molar-refractivity contribution in [1.29, 1.82) is 0 Å². The number of benzene rings is 2. The highest BCUT2D eigenvalue weighted by Crippen LogP contribution is 2.20. The molecular formula is C19H15ClFN3O4S. The van der Waals surface area contributed by atoms with Crippen LogP contribution in [0.5, 0.6) is 0 Å². The Morgan fingerprint density at radius 3 is 2.52 bits per heavy atom. The van der Waals surface area contributed by atoms with Gasteiger partial charge in [-0.3, -0.25) is 9.59 Å². The molecule has 0 saturated carbocycles. The minimum absolute atomic E-state index is 0.0561. The molecule has 1 aromatic heterocycles. The predicted octanol–water partition coefficient (Wildman–Crippen LogP) is 2.82. The Kier molecular flexibility index (Phi) is 5.81. The van der Waals surface area contributed by atoms with Crippen molar-refractivity contribution in [2.45, 2.75) is 23.4 Å². The van der Waals surface area contributed by atoms with Gasteiger partial charge in [0.05, 0.1) is 4.90 Å². The molecular weight excluding hydrogens is 421 g/mol. The Morgan fingerprint density at radius 1 is 1.14 bits per heavy atom. The number of hydrogen-bond acceptors (Lipinski definition) is 5. The summed E-state index contributed by atoms with van der Waals surface area (Å²) in [6.07, 6.45) is 0. The van der Waals surface area contributed by atoms with Gasteiger partial charge >= 0.3 is 0 Å². The summed E-state index contributed by atoms with van der Waals surface area (Å²) in [5.74, 6) is -1.19. The van der Waals surface area contributed by atoms with Crippen LogP contribution in [-0.4, -0.2) is 24.1 Å². The molecule has 3 rings (SSSR count). The van der Waals surface area contributed by atoms with Crippen molar-refractivity contribution in [2.75, 3.05) is 5.32 Å². The van der Waals surface area contributed by atoms with E-state index in [4.69, 9.17) is 11.6 Å². The Hall–Kier alpha value is -3.04. The van der Waals surface area contributed by atoms with Crippen molar-refractivity contribution >= 4 is 33.0 Å². The fourth-order valence-corrected chi connectivity index (χ4v) is 3.79. The quantitative estimate of drug-likeness (QED) is 0.664. The third-order valence-electron chi connectivity index (χ3n) is 4.01. The van der Waals surface area contributed by atoms with Gasteiger partial charge in [-0.2, -0.15) is 5.10 Å². The number of nitrogens with one attached hydrogen (secondary N) is 1. The van der Waals surface area contributed by atoms with E-state index < -0.39 is 38.7 Å². The van der Waals surface area contributed by atoms with Crippen LogP contribution in [0.2, 0.25) is 5.02 Å². The van der Waals surface area contributed by atoms with Gasteiger partial charge in [-0.05, 0) is 55.0 Å². The van der Waals surface area contributed by atoms with Crippen molar-refractivity contribution in [3.05, 3.63) is 81.4 Å². The molecule has 0 unspecified atom stereocenters. The highest BCUT2D eigenvalue weighted by atomic mass is 35.5. The van der Waals surface area contributed by atoms with Gasteiger partial charge in [0.25, 0.3) is 5.56 Å². The van der Waals surface area contributed by atoms with Gasteiger partial charge in [-0.15, -0.1) is 0 Å². The van der Waals surface area contributed by atoms with E-state index in [1.165, 1.54) is 36.4 Å². The molecule has 0 radical (unpaired) electrons. The first kappa shape index (κ1) is 20.7. The van der Waals surface area contributed by atoms with E-state index in [0.717, 1.165) is 22.9 Å². The van der Waals surface area contributed by atoms with Crippen molar-refractivity contribution in [2.24, 2.45) is 0 Å². The van der Waals surface area contributed by atoms with Crippen LogP contribution in [0.3, 0.4) is 0 Å². The van der Waals surface area contributed by atoms with Crippen molar-refractivity contribution in [1.82, 2.24) is 9.78 Å². The van der Waals surface area contributed by atoms with E-state index in [1.807, 2.05) is 0 Å². The molecule has 0 bridgehead atoms.